The van der Waals surface area contributed by atoms with E-state index in [9.17, 15) is 13.2 Å². The Morgan fingerprint density at radius 1 is 0.933 bits per heavy atom. The predicted octanol–water partition coefficient (Wildman–Crippen LogP) is 5.25. The average molecular weight is 443 g/mol. The molecule has 156 valence electrons. The quantitative estimate of drug-likeness (QED) is 0.547. The highest BCUT2D eigenvalue weighted by atomic mass is 35.5. The van der Waals surface area contributed by atoms with E-state index in [4.69, 9.17) is 11.6 Å². The number of carbonyl (C=O) groups is 1. The Morgan fingerprint density at radius 2 is 1.57 bits per heavy atom. The normalized spacial score (nSPS) is 12.3. The molecule has 5 nitrogen and oxygen atoms in total. The summed E-state index contributed by atoms with van der Waals surface area (Å²) in [6.45, 7) is 5.99. The van der Waals surface area contributed by atoms with Crippen LogP contribution in [0.25, 0.3) is 0 Å². The zero-order valence-corrected chi connectivity index (χ0v) is 18.5. The number of hydrogen-bond donors (Lipinski definition) is 2. The van der Waals surface area contributed by atoms with Gasteiger partial charge in [-0.2, -0.15) is 0 Å². The van der Waals surface area contributed by atoms with Gasteiger partial charge in [-0.1, -0.05) is 35.4 Å². The number of sulfonamides is 1. The molecule has 0 fully saturated rings. The summed E-state index contributed by atoms with van der Waals surface area (Å²) in [7, 11) is -3.74. The van der Waals surface area contributed by atoms with Gasteiger partial charge in [0.1, 0.15) is 0 Å². The van der Waals surface area contributed by atoms with Crippen LogP contribution in [0.4, 0.5) is 5.69 Å². The first-order valence-corrected chi connectivity index (χ1v) is 11.3. The van der Waals surface area contributed by atoms with Crippen LogP contribution in [0.3, 0.4) is 0 Å². The SMILES string of the molecule is Cc1ccc(C(C)NC(=O)c2ccc(NS(=O)(=O)c3ccc(Cl)cc3)cc2)c(C)c1. The zero-order chi connectivity index (χ0) is 21.9. The van der Waals surface area contributed by atoms with Crippen molar-refractivity contribution in [2.75, 3.05) is 4.72 Å². The van der Waals surface area contributed by atoms with Gasteiger partial charge in [0, 0.05) is 16.3 Å². The van der Waals surface area contributed by atoms with Gasteiger partial charge in [0.2, 0.25) is 0 Å². The molecular weight excluding hydrogens is 420 g/mol. The first kappa shape index (κ1) is 21.9. The van der Waals surface area contributed by atoms with Crippen molar-refractivity contribution in [3.05, 3.63) is 94.0 Å². The van der Waals surface area contributed by atoms with Crippen LogP contribution in [0.15, 0.2) is 71.6 Å². The fourth-order valence-electron chi connectivity index (χ4n) is 3.19. The molecular formula is C23H23ClN2O3S. The van der Waals surface area contributed by atoms with Crippen LogP contribution in [0, 0.1) is 13.8 Å². The van der Waals surface area contributed by atoms with Crippen molar-refractivity contribution in [1.82, 2.24) is 5.32 Å². The van der Waals surface area contributed by atoms with Crippen molar-refractivity contribution in [1.29, 1.82) is 0 Å². The van der Waals surface area contributed by atoms with E-state index in [1.54, 1.807) is 24.3 Å². The van der Waals surface area contributed by atoms with E-state index in [0.29, 0.717) is 16.3 Å². The summed E-state index contributed by atoms with van der Waals surface area (Å²) >= 11 is 5.81. The highest BCUT2D eigenvalue weighted by Gasteiger charge is 2.16. The Kier molecular flexibility index (Phi) is 6.48. The third kappa shape index (κ3) is 5.20. The van der Waals surface area contributed by atoms with Gasteiger partial charge in [-0.15, -0.1) is 0 Å². The minimum absolute atomic E-state index is 0.107. The largest absolute Gasteiger partial charge is 0.346 e. The smallest absolute Gasteiger partial charge is 0.261 e. The Balaban J connectivity index is 1.69. The molecule has 1 amide bonds. The van der Waals surface area contributed by atoms with Crippen LogP contribution in [0.1, 0.15) is 40.0 Å². The monoisotopic (exact) mass is 442 g/mol. The van der Waals surface area contributed by atoms with Crippen LogP contribution >= 0.6 is 11.6 Å². The van der Waals surface area contributed by atoms with E-state index in [-0.39, 0.29) is 16.8 Å². The lowest BCUT2D eigenvalue weighted by Crippen LogP contribution is -2.27. The van der Waals surface area contributed by atoms with Gasteiger partial charge in [-0.25, -0.2) is 8.42 Å². The number of hydrogen-bond acceptors (Lipinski definition) is 3. The van der Waals surface area contributed by atoms with Crippen LogP contribution < -0.4 is 10.0 Å². The predicted molar refractivity (Wildman–Crippen MR) is 120 cm³/mol. The molecule has 0 aliphatic heterocycles. The molecule has 0 saturated heterocycles. The lowest BCUT2D eigenvalue weighted by Gasteiger charge is -2.17. The van der Waals surface area contributed by atoms with Crippen molar-refractivity contribution in [2.24, 2.45) is 0 Å². The fourth-order valence-corrected chi connectivity index (χ4v) is 4.37. The van der Waals surface area contributed by atoms with Crippen LogP contribution in [-0.4, -0.2) is 14.3 Å². The van der Waals surface area contributed by atoms with Gasteiger partial charge in [0.15, 0.2) is 0 Å². The summed E-state index contributed by atoms with van der Waals surface area (Å²) < 4.78 is 27.4. The molecule has 1 unspecified atom stereocenters. The standard InChI is InChI=1S/C23H23ClN2O3S/c1-15-4-13-22(16(2)14-15)17(3)25-23(27)18-5-9-20(10-6-18)26-30(28,29)21-11-7-19(24)8-12-21/h4-14,17,26H,1-3H3,(H,25,27). The molecule has 3 rings (SSSR count). The summed E-state index contributed by atoms with van der Waals surface area (Å²) in [4.78, 5) is 12.7. The highest BCUT2D eigenvalue weighted by Crippen LogP contribution is 2.21. The molecule has 7 heteroatoms. The molecule has 0 aliphatic rings. The summed E-state index contributed by atoms with van der Waals surface area (Å²) in [6, 6.07) is 18.2. The van der Waals surface area contributed by atoms with E-state index in [1.807, 2.05) is 32.9 Å². The van der Waals surface area contributed by atoms with Gasteiger partial charge >= 0.3 is 0 Å². The molecule has 0 aliphatic carbocycles. The number of amides is 1. The van der Waals surface area contributed by atoms with Crippen molar-refractivity contribution in [2.45, 2.75) is 31.7 Å². The molecule has 0 radical (unpaired) electrons. The van der Waals surface area contributed by atoms with E-state index in [0.717, 1.165) is 11.1 Å². The molecule has 2 N–H and O–H groups in total. The second kappa shape index (κ2) is 8.90. The summed E-state index contributed by atoms with van der Waals surface area (Å²) in [6.07, 6.45) is 0. The fraction of sp³-hybridized carbons (Fsp3) is 0.174. The van der Waals surface area contributed by atoms with Crippen LogP contribution in [0.5, 0.6) is 0 Å². The maximum atomic E-state index is 12.6. The van der Waals surface area contributed by atoms with Crippen molar-refractivity contribution >= 4 is 33.2 Å². The summed E-state index contributed by atoms with van der Waals surface area (Å²) in [5.41, 5.74) is 4.16. The zero-order valence-electron chi connectivity index (χ0n) is 16.9. The van der Waals surface area contributed by atoms with E-state index in [2.05, 4.69) is 16.1 Å². The first-order chi connectivity index (χ1) is 14.2. The lowest BCUT2D eigenvalue weighted by atomic mass is 10.00. The average Bonchev–Trinajstić information content (AvgIpc) is 2.68. The highest BCUT2D eigenvalue weighted by molar-refractivity contribution is 7.92. The molecule has 0 saturated carbocycles. The molecule has 0 bridgehead atoms. The van der Waals surface area contributed by atoms with Gasteiger partial charge in [0.05, 0.1) is 10.9 Å². The van der Waals surface area contributed by atoms with Gasteiger partial charge in [-0.3, -0.25) is 9.52 Å². The van der Waals surface area contributed by atoms with Gasteiger partial charge in [-0.05, 0) is 80.4 Å². The molecule has 0 heterocycles. The van der Waals surface area contributed by atoms with Crippen molar-refractivity contribution in [3.8, 4) is 0 Å². The minimum atomic E-state index is -3.74. The van der Waals surface area contributed by atoms with E-state index < -0.39 is 10.0 Å². The number of carbonyl (C=O) groups excluding carboxylic acids is 1. The van der Waals surface area contributed by atoms with E-state index in [1.165, 1.54) is 29.8 Å². The third-order valence-electron chi connectivity index (χ3n) is 4.76. The number of nitrogens with one attached hydrogen (secondary N) is 2. The second-order valence-corrected chi connectivity index (χ2v) is 9.31. The Labute approximate surface area is 182 Å². The maximum absolute atomic E-state index is 12.6. The molecule has 30 heavy (non-hydrogen) atoms. The Hall–Kier alpha value is -2.83. The number of halogens is 1. The number of aryl methyl sites for hydroxylation is 2. The molecule has 3 aromatic rings. The number of anilines is 1. The Bertz CT molecular complexity index is 1160. The molecule has 3 aromatic carbocycles. The van der Waals surface area contributed by atoms with Crippen molar-refractivity contribution in [3.63, 3.8) is 0 Å². The maximum Gasteiger partial charge on any atom is 0.261 e. The topological polar surface area (TPSA) is 75.3 Å². The van der Waals surface area contributed by atoms with Crippen molar-refractivity contribution < 1.29 is 13.2 Å². The third-order valence-corrected chi connectivity index (χ3v) is 6.41. The lowest BCUT2D eigenvalue weighted by molar-refractivity contribution is 0.0940. The molecule has 0 aromatic heterocycles. The van der Waals surface area contributed by atoms with Gasteiger partial charge < -0.3 is 5.32 Å². The second-order valence-electron chi connectivity index (χ2n) is 7.19. The summed E-state index contributed by atoms with van der Waals surface area (Å²) in [5.74, 6) is -0.227. The molecule has 1 atom stereocenters. The minimum Gasteiger partial charge on any atom is -0.346 e. The Morgan fingerprint density at radius 3 is 2.17 bits per heavy atom. The number of benzene rings is 3. The van der Waals surface area contributed by atoms with Gasteiger partial charge in [0.25, 0.3) is 15.9 Å². The number of rotatable bonds is 6. The van der Waals surface area contributed by atoms with E-state index >= 15 is 0 Å². The molecule has 0 spiro atoms. The van der Waals surface area contributed by atoms with Crippen LogP contribution in [0.2, 0.25) is 5.02 Å². The first-order valence-electron chi connectivity index (χ1n) is 9.42. The summed E-state index contributed by atoms with van der Waals surface area (Å²) in [5, 5.41) is 3.44. The van der Waals surface area contributed by atoms with Crippen LogP contribution in [-0.2, 0) is 10.0 Å².